The van der Waals surface area contributed by atoms with E-state index < -0.39 is 24.4 Å². The van der Waals surface area contributed by atoms with Crippen molar-refractivity contribution in [3.63, 3.8) is 0 Å². The summed E-state index contributed by atoms with van der Waals surface area (Å²) in [5, 5.41) is 0. The Morgan fingerprint density at radius 2 is 1.14 bits per heavy atom. The van der Waals surface area contributed by atoms with E-state index in [1.54, 1.807) is 0 Å². The third kappa shape index (κ3) is 10.7. The highest BCUT2D eigenvalue weighted by molar-refractivity contribution is 7.33. The van der Waals surface area contributed by atoms with E-state index in [-0.39, 0.29) is 0 Å². The maximum Gasteiger partial charge on any atom is 0.318 e. The number of hydrogen-bond acceptors (Lipinski definition) is 3. The molecule has 0 heterocycles. The van der Waals surface area contributed by atoms with E-state index in [9.17, 15) is 4.57 Å². The molecule has 0 rings (SSSR count). The molecule has 0 aliphatic rings. The molecule has 0 aromatic carbocycles. The maximum atomic E-state index is 11.3. The predicted molar refractivity (Wildman–Crippen MR) is 67.6 cm³/mol. The Kier molecular flexibility index (Phi) is 5.84. The Balaban J connectivity index is 3.68. The fourth-order valence-electron chi connectivity index (χ4n) is 0.593. The highest BCUT2D eigenvalue weighted by Gasteiger charge is 2.18. The van der Waals surface area contributed by atoms with Gasteiger partial charge in [0.05, 0.1) is 16.1 Å². The van der Waals surface area contributed by atoms with Gasteiger partial charge in [0.2, 0.25) is 0 Å². The monoisotopic (exact) mass is 254 g/mol. The molecule has 0 saturated carbocycles. The molecule has 0 N–H and O–H groups in total. The van der Waals surface area contributed by atoms with Crippen molar-refractivity contribution in [1.82, 2.24) is 0 Å². The summed E-state index contributed by atoms with van der Waals surface area (Å²) in [6.45, 7) is 13.1. The summed E-state index contributed by atoms with van der Waals surface area (Å²) in [4.78, 5) is 0. The topological polar surface area (TPSA) is 35.5 Å². The number of rotatable bonds is 6. The highest BCUT2D eigenvalue weighted by atomic mass is 31.1. The average molecular weight is 254 g/mol. The fraction of sp³-hybridized carbons (Fsp3) is 1.00. The molecule has 0 radical (unpaired) electrons. The van der Waals surface area contributed by atoms with Crippen LogP contribution in [-0.2, 0) is 13.6 Å². The van der Waals surface area contributed by atoms with Gasteiger partial charge in [0.15, 0.2) is 0 Å². The van der Waals surface area contributed by atoms with E-state index in [2.05, 4.69) is 39.3 Å². The van der Waals surface area contributed by atoms with Gasteiger partial charge in [-0.2, -0.15) is 0 Å². The first kappa shape index (κ1) is 14.6. The van der Waals surface area contributed by atoms with Crippen molar-refractivity contribution in [2.24, 2.45) is 0 Å². The minimum atomic E-state index is -2.24. The van der Waals surface area contributed by atoms with Crippen molar-refractivity contribution in [2.45, 2.75) is 39.3 Å². The molecule has 0 unspecified atom stereocenters. The zero-order valence-corrected chi connectivity index (χ0v) is 13.1. The van der Waals surface area contributed by atoms with Crippen molar-refractivity contribution in [1.29, 1.82) is 0 Å². The first-order valence-electron chi connectivity index (χ1n) is 4.90. The fourth-order valence-corrected chi connectivity index (χ4v) is 5.08. The van der Waals surface area contributed by atoms with Gasteiger partial charge in [-0.1, -0.05) is 39.3 Å². The predicted octanol–water partition coefficient (Wildman–Crippen LogP) is 3.16. The van der Waals surface area contributed by atoms with E-state index >= 15 is 0 Å². The molecule has 0 aromatic rings. The van der Waals surface area contributed by atoms with E-state index in [1.807, 2.05) is 0 Å². The van der Waals surface area contributed by atoms with E-state index in [4.69, 9.17) is 9.05 Å². The largest absolute Gasteiger partial charge is 0.318 e. The van der Waals surface area contributed by atoms with Crippen LogP contribution in [0.4, 0.5) is 0 Å². The summed E-state index contributed by atoms with van der Waals surface area (Å²) >= 11 is 0. The van der Waals surface area contributed by atoms with Gasteiger partial charge in [0.25, 0.3) is 0 Å². The van der Waals surface area contributed by atoms with Crippen LogP contribution >= 0.6 is 8.25 Å². The molecule has 0 saturated heterocycles. The van der Waals surface area contributed by atoms with E-state index in [1.165, 1.54) is 0 Å². The minimum absolute atomic E-state index is 0.622. The lowest BCUT2D eigenvalue weighted by molar-refractivity contribution is 0.273. The molecule has 3 nitrogen and oxygen atoms in total. The minimum Gasteiger partial charge on any atom is -0.314 e. The lowest BCUT2D eigenvalue weighted by atomic mass is 11.7. The molecule has 0 fully saturated rings. The zero-order valence-electron chi connectivity index (χ0n) is 10.1. The summed E-state index contributed by atoms with van der Waals surface area (Å²) in [6.07, 6.45) is 1.24. The van der Waals surface area contributed by atoms with Gasteiger partial charge in [-0.25, -0.2) is 0 Å². The van der Waals surface area contributed by atoms with E-state index in [0.29, 0.717) is 12.5 Å². The molecule has 0 spiro atoms. The summed E-state index contributed by atoms with van der Waals surface area (Å²) in [6, 6.07) is 0. The molecular weight excluding hydrogens is 231 g/mol. The Labute approximate surface area is 90.2 Å². The van der Waals surface area contributed by atoms with Crippen molar-refractivity contribution in [3.05, 3.63) is 0 Å². The second-order valence-corrected chi connectivity index (χ2v) is 17.8. The van der Waals surface area contributed by atoms with Crippen LogP contribution in [0.2, 0.25) is 39.3 Å². The molecule has 0 atom stereocenters. The lowest BCUT2D eigenvalue weighted by Gasteiger charge is -2.18. The second-order valence-electron chi connectivity index (χ2n) is 5.95. The van der Waals surface area contributed by atoms with Gasteiger partial charge in [0.1, 0.15) is 0 Å². The van der Waals surface area contributed by atoms with Gasteiger partial charge >= 0.3 is 8.25 Å². The van der Waals surface area contributed by atoms with Crippen LogP contribution in [0.15, 0.2) is 0 Å². The standard InChI is InChI=1S/C8H23O3PSi2/c1-13(2,3)7-10-12(9)11-8-14(4,5)6/h12H,7-8H2,1-6H3. The Morgan fingerprint density at radius 3 is 1.36 bits per heavy atom. The lowest BCUT2D eigenvalue weighted by Crippen LogP contribution is -2.28. The smallest absolute Gasteiger partial charge is 0.314 e. The second kappa shape index (κ2) is 5.61. The van der Waals surface area contributed by atoms with E-state index in [0.717, 1.165) is 0 Å². The summed E-state index contributed by atoms with van der Waals surface area (Å²) in [5.41, 5.74) is 0. The van der Waals surface area contributed by atoms with Crippen molar-refractivity contribution >= 4 is 24.4 Å². The van der Waals surface area contributed by atoms with Crippen molar-refractivity contribution in [2.75, 3.05) is 12.5 Å². The Bertz CT molecular complexity index is 176. The Morgan fingerprint density at radius 1 is 0.857 bits per heavy atom. The van der Waals surface area contributed by atoms with Crippen LogP contribution in [0.5, 0.6) is 0 Å². The molecule has 0 aliphatic carbocycles. The maximum absolute atomic E-state index is 11.3. The highest BCUT2D eigenvalue weighted by Crippen LogP contribution is 2.26. The van der Waals surface area contributed by atoms with Crippen molar-refractivity contribution < 1.29 is 13.6 Å². The van der Waals surface area contributed by atoms with Gasteiger partial charge in [-0.15, -0.1) is 0 Å². The molecule has 86 valence electrons. The third-order valence-electron chi connectivity index (χ3n) is 1.25. The first-order chi connectivity index (χ1) is 6.10. The van der Waals surface area contributed by atoms with Crippen LogP contribution in [0.25, 0.3) is 0 Å². The molecule has 14 heavy (non-hydrogen) atoms. The van der Waals surface area contributed by atoms with Gasteiger partial charge in [-0.3, -0.25) is 4.57 Å². The molecular formula is C8H23O3PSi2. The van der Waals surface area contributed by atoms with Crippen molar-refractivity contribution in [3.8, 4) is 0 Å². The van der Waals surface area contributed by atoms with Gasteiger partial charge in [0, 0.05) is 12.5 Å². The Hall–Kier alpha value is 0.584. The summed E-state index contributed by atoms with van der Waals surface area (Å²) in [5.74, 6) is 0. The normalized spacial score (nSPS) is 13.6. The van der Waals surface area contributed by atoms with Crippen LogP contribution in [-0.4, -0.2) is 28.6 Å². The van der Waals surface area contributed by atoms with Crippen LogP contribution < -0.4 is 0 Å². The third-order valence-corrected chi connectivity index (χ3v) is 4.60. The molecule has 0 aromatic heterocycles. The van der Waals surface area contributed by atoms with Gasteiger partial charge in [-0.05, 0) is 0 Å². The molecule has 0 aliphatic heterocycles. The first-order valence-corrected chi connectivity index (χ1v) is 13.5. The SMILES string of the molecule is C[Si](C)(C)CO[PH](=O)OC[Si](C)(C)C. The van der Waals surface area contributed by atoms with Crippen LogP contribution in [0, 0.1) is 0 Å². The zero-order chi connectivity index (χ0) is 11.4. The summed E-state index contributed by atoms with van der Waals surface area (Å²) < 4.78 is 21.7. The molecule has 0 amide bonds. The molecule has 6 heteroatoms. The quantitative estimate of drug-likeness (QED) is 0.539. The summed E-state index contributed by atoms with van der Waals surface area (Å²) in [7, 11) is -4.76. The average Bonchev–Trinajstić information content (AvgIpc) is 1.94. The van der Waals surface area contributed by atoms with Crippen LogP contribution in [0.3, 0.4) is 0 Å². The number of hydrogen-bond donors (Lipinski definition) is 0. The van der Waals surface area contributed by atoms with Crippen LogP contribution in [0.1, 0.15) is 0 Å². The van der Waals surface area contributed by atoms with Gasteiger partial charge < -0.3 is 9.05 Å². The molecule has 0 bridgehead atoms.